The minimum atomic E-state index is -0.618. The molecule has 0 aromatic carbocycles. The minimum Gasteiger partial charge on any atom is -0.491 e. The van der Waals surface area contributed by atoms with Gasteiger partial charge in [-0.05, 0) is 44.9 Å². The lowest BCUT2D eigenvalue weighted by molar-refractivity contribution is -0.141. The summed E-state index contributed by atoms with van der Waals surface area (Å²) in [5.41, 5.74) is 0.968. The van der Waals surface area contributed by atoms with Crippen LogP contribution in [0.25, 0.3) is 0 Å². The van der Waals surface area contributed by atoms with Gasteiger partial charge in [-0.25, -0.2) is 19.6 Å². The molecular weight excluding hydrogens is 454 g/mol. The summed E-state index contributed by atoms with van der Waals surface area (Å²) in [5.74, 6) is 0.171. The quantitative estimate of drug-likeness (QED) is 0.641. The number of hydrogen-bond acceptors (Lipinski definition) is 9. The zero-order valence-corrected chi connectivity index (χ0v) is 20.0. The first-order valence-corrected chi connectivity index (χ1v) is 11.7. The van der Waals surface area contributed by atoms with Gasteiger partial charge in [-0.15, -0.1) is 0 Å². The maximum absolute atomic E-state index is 13.5. The molecule has 1 N–H and O–H groups in total. The fraction of sp³-hybridized carbons (Fsp3) is 0.500. The first-order chi connectivity index (χ1) is 16.8. The van der Waals surface area contributed by atoms with Gasteiger partial charge in [0, 0.05) is 25.4 Å². The summed E-state index contributed by atoms with van der Waals surface area (Å²) in [6, 6.07) is 6.38. The number of piperidine rings is 1. The van der Waals surface area contributed by atoms with Crippen LogP contribution in [-0.4, -0.2) is 73.3 Å². The smallest absolute Gasteiger partial charge is 0.356 e. The van der Waals surface area contributed by atoms with Crippen LogP contribution >= 0.6 is 0 Å². The van der Waals surface area contributed by atoms with E-state index in [1.165, 1.54) is 7.11 Å². The van der Waals surface area contributed by atoms with Crippen LogP contribution in [0.3, 0.4) is 0 Å². The Balaban J connectivity index is 1.33. The first-order valence-electron chi connectivity index (χ1n) is 11.7. The maximum atomic E-state index is 13.5. The van der Waals surface area contributed by atoms with Crippen LogP contribution in [0.2, 0.25) is 0 Å². The minimum absolute atomic E-state index is 0.0704. The van der Waals surface area contributed by atoms with E-state index in [0.717, 1.165) is 25.1 Å². The second-order valence-corrected chi connectivity index (χ2v) is 9.21. The van der Waals surface area contributed by atoms with Gasteiger partial charge in [-0.3, -0.25) is 10.2 Å². The highest BCUT2D eigenvalue weighted by Crippen LogP contribution is 2.38. The number of amides is 2. The summed E-state index contributed by atoms with van der Waals surface area (Å²) in [4.78, 5) is 38.1. The third-order valence-corrected chi connectivity index (χ3v) is 6.27. The van der Waals surface area contributed by atoms with Crippen LogP contribution in [0, 0.1) is 0 Å². The Kier molecular flexibility index (Phi) is 6.20. The number of ether oxygens (including phenoxy) is 4. The summed E-state index contributed by atoms with van der Waals surface area (Å²) >= 11 is 0. The van der Waals surface area contributed by atoms with Crippen LogP contribution in [0.1, 0.15) is 37.2 Å². The van der Waals surface area contributed by atoms with Gasteiger partial charge in [0.15, 0.2) is 17.3 Å². The lowest BCUT2D eigenvalue weighted by atomic mass is 10.00. The van der Waals surface area contributed by atoms with Crippen LogP contribution < -0.4 is 19.9 Å². The number of urea groups is 1. The number of fused-ring (bicyclic) bond motifs is 4. The van der Waals surface area contributed by atoms with Gasteiger partial charge in [0.05, 0.1) is 25.4 Å². The van der Waals surface area contributed by atoms with Crippen LogP contribution in [0.4, 0.5) is 22.1 Å². The van der Waals surface area contributed by atoms with Crippen LogP contribution in [0.5, 0.6) is 5.75 Å². The molecule has 11 nitrogen and oxygen atoms in total. The maximum Gasteiger partial charge on any atom is 0.356 e. The number of aromatic nitrogens is 2. The normalized spacial score (nSPS) is 22.4. The van der Waals surface area contributed by atoms with Crippen molar-refractivity contribution < 1.29 is 28.5 Å². The topological polar surface area (TPSA) is 115 Å². The molecule has 2 bridgehead atoms. The van der Waals surface area contributed by atoms with Crippen molar-refractivity contribution in [1.82, 2.24) is 9.97 Å². The van der Waals surface area contributed by atoms with E-state index >= 15 is 0 Å². The highest BCUT2D eigenvalue weighted by molar-refractivity contribution is 6.04. The zero-order chi connectivity index (χ0) is 24.6. The van der Waals surface area contributed by atoms with Crippen molar-refractivity contribution >= 4 is 29.3 Å². The van der Waals surface area contributed by atoms with Crippen molar-refractivity contribution in [3.05, 3.63) is 36.2 Å². The van der Waals surface area contributed by atoms with Gasteiger partial charge in [-0.1, -0.05) is 0 Å². The van der Waals surface area contributed by atoms with E-state index in [1.807, 2.05) is 19.9 Å². The SMILES string of the molecule is COC(=O)c1ccc2c(n1)N(C(=O)Nc1cc(OC[C@H]3COC(C)(C)O3)ccn1)C1CCCN2C1. The fourth-order valence-electron chi connectivity index (χ4n) is 4.68. The second-order valence-electron chi connectivity index (χ2n) is 9.21. The molecule has 2 fully saturated rings. The van der Waals surface area contributed by atoms with Crippen LogP contribution in [-0.2, 0) is 14.2 Å². The lowest BCUT2D eigenvalue weighted by Crippen LogP contribution is -2.56. The molecule has 0 saturated carbocycles. The van der Waals surface area contributed by atoms with Crippen molar-refractivity contribution in [3.8, 4) is 5.75 Å². The van der Waals surface area contributed by atoms with Gasteiger partial charge in [0.1, 0.15) is 24.3 Å². The highest BCUT2D eigenvalue weighted by atomic mass is 16.7. The molecule has 3 aliphatic rings. The van der Waals surface area contributed by atoms with E-state index in [9.17, 15) is 9.59 Å². The molecule has 3 aliphatic heterocycles. The molecule has 5 rings (SSSR count). The molecule has 1 unspecified atom stereocenters. The summed E-state index contributed by atoms with van der Waals surface area (Å²) < 4.78 is 22.0. The molecule has 35 heavy (non-hydrogen) atoms. The summed E-state index contributed by atoms with van der Waals surface area (Å²) in [7, 11) is 1.31. The number of pyridine rings is 2. The molecule has 0 radical (unpaired) electrons. The average molecular weight is 484 g/mol. The molecular formula is C24H29N5O6. The molecule has 5 heterocycles. The van der Waals surface area contributed by atoms with Gasteiger partial charge in [0.25, 0.3) is 0 Å². The van der Waals surface area contributed by atoms with E-state index < -0.39 is 11.8 Å². The Morgan fingerprint density at radius 2 is 2.14 bits per heavy atom. The molecule has 2 atom stereocenters. The Bertz CT molecular complexity index is 1130. The van der Waals surface area contributed by atoms with E-state index in [-0.39, 0.29) is 23.9 Å². The zero-order valence-electron chi connectivity index (χ0n) is 20.0. The number of anilines is 3. The molecule has 0 spiro atoms. The number of nitrogens with zero attached hydrogens (tertiary/aromatic N) is 4. The standard InChI is InChI=1S/C24H29N5O6/c1-24(2)34-14-17(35-24)13-33-16-8-9-25-20(11-16)27-23(31)29-15-5-4-10-28(12-15)19-7-6-18(22(30)32-3)26-21(19)29/h6-9,11,15,17H,4-5,10,12-14H2,1-3H3,(H,25,27,31)/t15?,17-/m0/s1. The number of hydrogen-bond donors (Lipinski definition) is 1. The third kappa shape index (κ3) is 4.87. The number of methoxy groups -OCH3 is 1. The van der Waals surface area contributed by atoms with E-state index in [2.05, 4.69) is 20.2 Å². The van der Waals surface area contributed by atoms with Gasteiger partial charge in [0.2, 0.25) is 0 Å². The lowest BCUT2D eigenvalue weighted by Gasteiger charge is -2.45. The van der Waals surface area contributed by atoms with Crippen LogP contribution in [0.15, 0.2) is 30.5 Å². The third-order valence-electron chi connectivity index (χ3n) is 6.27. The van der Waals surface area contributed by atoms with Crippen molar-refractivity contribution in [2.45, 2.75) is 44.6 Å². The predicted molar refractivity (Wildman–Crippen MR) is 127 cm³/mol. The molecule has 2 aromatic heterocycles. The number of carbonyl (C=O) groups excluding carboxylic acids is 2. The number of nitrogens with one attached hydrogen (secondary N) is 1. The largest absolute Gasteiger partial charge is 0.491 e. The molecule has 11 heteroatoms. The Labute approximate surface area is 203 Å². The summed E-state index contributed by atoms with van der Waals surface area (Å²) in [6.07, 6.45) is 3.19. The predicted octanol–water partition coefficient (Wildman–Crippen LogP) is 2.81. The highest BCUT2D eigenvalue weighted by Gasteiger charge is 2.39. The molecule has 0 aliphatic carbocycles. The van der Waals surface area contributed by atoms with Gasteiger partial charge >= 0.3 is 12.0 Å². The van der Waals surface area contributed by atoms with E-state index in [4.69, 9.17) is 18.9 Å². The van der Waals surface area contributed by atoms with E-state index in [1.54, 1.807) is 29.3 Å². The molecule has 186 valence electrons. The second kappa shape index (κ2) is 9.31. The number of rotatable bonds is 5. The Morgan fingerprint density at radius 1 is 1.29 bits per heavy atom. The number of carbonyl (C=O) groups is 2. The van der Waals surface area contributed by atoms with Gasteiger partial charge < -0.3 is 23.8 Å². The molecule has 2 saturated heterocycles. The van der Waals surface area contributed by atoms with Crippen molar-refractivity contribution in [2.24, 2.45) is 0 Å². The molecule has 2 amide bonds. The Hall–Kier alpha value is -3.44. The van der Waals surface area contributed by atoms with Crippen molar-refractivity contribution in [1.29, 1.82) is 0 Å². The van der Waals surface area contributed by atoms with Crippen molar-refractivity contribution in [2.75, 3.05) is 48.5 Å². The monoisotopic (exact) mass is 483 g/mol. The fourth-order valence-corrected chi connectivity index (χ4v) is 4.68. The van der Waals surface area contributed by atoms with Gasteiger partial charge in [-0.2, -0.15) is 0 Å². The number of esters is 1. The Morgan fingerprint density at radius 3 is 2.91 bits per heavy atom. The first kappa shape index (κ1) is 23.3. The summed E-state index contributed by atoms with van der Waals surface area (Å²) in [6.45, 7) is 6.08. The molecule has 2 aromatic rings. The summed E-state index contributed by atoms with van der Waals surface area (Å²) in [5, 5.41) is 2.87. The average Bonchev–Trinajstić information content (AvgIpc) is 3.21. The van der Waals surface area contributed by atoms with Crippen molar-refractivity contribution in [3.63, 3.8) is 0 Å². The van der Waals surface area contributed by atoms with E-state index in [0.29, 0.717) is 37.1 Å².